The highest BCUT2D eigenvalue weighted by molar-refractivity contribution is 7.98. The third-order valence-electron chi connectivity index (χ3n) is 2.87. The highest BCUT2D eigenvalue weighted by Gasteiger charge is 2.31. The summed E-state index contributed by atoms with van der Waals surface area (Å²) in [6.07, 6.45) is -2.87. The Morgan fingerprint density at radius 1 is 1.33 bits per heavy atom. The lowest BCUT2D eigenvalue weighted by molar-refractivity contribution is -0.274. The van der Waals surface area contributed by atoms with Crippen molar-refractivity contribution >= 4 is 55.7 Å². The largest absolute Gasteiger partial charge is 0.573 e. The van der Waals surface area contributed by atoms with Gasteiger partial charge in [0.05, 0.1) is 10.2 Å². The van der Waals surface area contributed by atoms with E-state index in [-0.39, 0.29) is 11.7 Å². The zero-order valence-electron chi connectivity index (χ0n) is 12.0. The van der Waals surface area contributed by atoms with Gasteiger partial charge in [-0.25, -0.2) is 4.98 Å². The molecule has 2 heterocycles. The average Bonchev–Trinajstić information content (AvgIpc) is 3.10. The molecule has 0 bridgehead atoms. The van der Waals surface area contributed by atoms with Gasteiger partial charge in [-0.1, -0.05) is 11.3 Å². The summed E-state index contributed by atoms with van der Waals surface area (Å²) < 4.78 is 41.1. The number of nitrogens with zero attached hydrogens (tertiary/aromatic N) is 1. The number of carbonyl (C=O) groups excluding carboxylic acids is 1. The summed E-state index contributed by atoms with van der Waals surface area (Å²) in [5.41, 5.74) is 0.487. The molecule has 0 aliphatic carbocycles. The Hall–Kier alpha value is -1.78. The number of fused-ring (bicyclic) bond motifs is 1. The molecule has 4 nitrogen and oxygen atoms in total. The van der Waals surface area contributed by atoms with Crippen LogP contribution in [0.15, 0.2) is 34.5 Å². The fourth-order valence-corrected chi connectivity index (χ4v) is 4.47. The van der Waals surface area contributed by atoms with E-state index in [0.717, 1.165) is 16.2 Å². The van der Waals surface area contributed by atoms with Gasteiger partial charge in [0, 0.05) is 11.0 Å². The van der Waals surface area contributed by atoms with Gasteiger partial charge in [-0.15, -0.1) is 36.3 Å². The predicted octanol–water partition coefficient (Wildman–Crippen LogP) is 5.23. The van der Waals surface area contributed by atoms with Gasteiger partial charge in [-0.05, 0) is 29.8 Å². The number of alkyl halides is 3. The maximum Gasteiger partial charge on any atom is 0.573 e. The molecule has 0 aliphatic heterocycles. The molecule has 1 aromatic carbocycles. The summed E-state index contributed by atoms with van der Waals surface area (Å²) in [7, 11) is 0. The lowest BCUT2D eigenvalue weighted by Crippen LogP contribution is -2.16. The Labute approximate surface area is 146 Å². The number of thiazole rings is 1. The molecular weight excluding hydrogens is 381 g/mol. The van der Waals surface area contributed by atoms with Gasteiger partial charge in [-0.2, -0.15) is 0 Å². The van der Waals surface area contributed by atoms with E-state index in [2.05, 4.69) is 15.0 Å². The van der Waals surface area contributed by atoms with Gasteiger partial charge in [0.1, 0.15) is 10.6 Å². The van der Waals surface area contributed by atoms with Crippen LogP contribution >= 0.6 is 34.4 Å². The van der Waals surface area contributed by atoms with E-state index in [0.29, 0.717) is 20.2 Å². The van der Waals surface area contributed by atoms with Crippen molar-refractivity contribution in [3.8, 4) is 5.75 Å². The molecule has 0 radical (unpaired) electrons. The summed E-state index contributed by atoms with van der Waals surface area (Å²) in [5, 5.41) is 4.82. The number of amides is 1. The number of nitrogens with one attached hydrogen (secondary N) is 1. The van der Waals surface area contributed by atoms with Crippen molar-refractivity contribution in [2.24, 2.45) is 0 Å². The summed E-state index contributed by atoms with van der Waals surface area (Å²) in [6.45, 7) is 0. The highest BCUT2D eigenvalue weighted by atomic mass is 32.2. The van der Waals surface area contributed by atoms with Crippen LogP contribution in [-0.4, -0.2) is 23.5 Å². The van der Waals surface area contributed by atoms with Gasteiger partial charge < -0.3 is 4.74 Å². The molecule has 0 fully saturated rings. The zero-order valence-corrected chi connectivity index (χ0v) is 14.5. The Bertz CT molecular complexity index is 889. The molecule has 3 rings (SSSR count). The standard InChI is InChI=1S/C14H9F3N2O2S3/c1-22-9-4-5-23-11(9)12(20)19-13-18-8-3-2-7(6-10(8)24-13)21-14(15,16)17/h2-6H,1H3,(H,18,19,20). The molecule has 126 valence electrons. The second-order valence-corrected chi connectivity index (χ2v) is 7.26. The normalized spacial score (nSPS) is 11.7. The predicted molar refractivity (Wildman–Crippen MR) is 90.4 cm³/mol. The van der Waals surface area contributed by atoms with Crippen molar-refractivity contribution in [1.82, 2.24) is 4.98 Å². The number of thioether (sulfide) groups is 1. The van der Waals surface area contributed by atoms with E-state index in [4.69, 9.17) is 0 Å². The second-order valence-electron chi connectivity index (χ2n) is 4.47. The number of aromatic nitrogens is 1. The first kappa shape index (κ1) is 17.1. The minimum absolute atomic E-state index is 0.292. The maximum absolute atomic E-state index is 12.3. The Kier molecular flexibility index (Phi) is 4.70. The van der Waals surface area contributed by atoms with E-state index >= 15 is 0 Å². The lowest BCUT2D eigenvalue weighted by atomic mass is 10.3. The molecule has 2 aromatic heterocycles. The first-order valence-corrected chi connectivity index (χ1v) is 9.37. The molecular formula is C14H9F3N2O2S3. The number of halogens is 3. The number of benzene rings is 1. The van der Waals surface area contributed by atoms with Crippen molar-refractivity contribution < 1.29 is 22.7 Å². The number of hydrogen-bond acceptors (Lipinski definition) is 6. The quantitative estimate of drug-likeness (QED) is 0.620. The van der Waals surface area contributed by atoms with Crippen LogP contribution in [0.25, 0.3) is 10.2 Å². The topological polar surface area (TPSA) is 51.2 Å². The molecule has 1 amide bonds. The first-order chi connectivity index (χ1) is 11.4. The second kappa shape index (κ2) is 6.61. The number of thiophene rings is 1. The smallest absolute Gasteiger partial charge is 0.406 e. The molecule has 24 heavy (non-hydrogen) atoms. The fourth-order valence-electron chi connectivity index (χ4n) is 1.93. The summed E-state index contributed by atoms with van der Waals surface area (Å²) in [5.74, 6) is -0.611. The van der Waals surface area contributed by atoms with Crippen molar-refractivity contribution in [3.63, 3.8) is 0 Å². The summed E-state index contributed by atoms with van der Waals surface area (Å²) >= 11 is 3.86. The van der Waals surface area contributed by atoms with Crippen LogP contribution in [0.2, 0.25) is 0 Å². The SMILES string of the molecule is CSc1ccsc1C(=O)Nc1nc2ccc(OC(F)(F)F)cc2s1. The van der Waals surface area contributed by atoms with Gasteiger partial charge in [0.25, 0.3) is 5.91 Å². The van der Waals surface area contributed by atoms with E-state index in [1.807, 2.05) is 17.7 Å². The lowest BCUT2D eigenvalue weighted by Gasteiger charge is -2.07. The average molecular weight is 390 g/mol. The van der Waals surface area contributed by atoms with Crippen LogP contribution in [0.3, 0.4) is 0 Å². The van der Waals surface area contributed by atoms with Crippen molar-refractivity contribution in [1.29, 1.82) is 0 Å². The van der Waals surface area contributed by atoms with Crippen LogP contribution in [0.4, 0.5) is 18.3 Å². The first-order valence-electron chi connectivity index (χ1n) is 6.45. The molecule has 0 saturated heterocycles. The molecule has 3 aromatic rings. The van der Waals surface area contributed by atoms with E-state index in [9.17, 15) is 18.0 Å². The number of hydrogen-bond donors (Lipinski definition) is 1. The molecule has 0 spiro atoms. The van der Waals surface area contributed by atoms with Gasteiger partial charge in [0.15, 0.2) is 5.13 Å². The third-order valence-corrected chi connectivity index (χ3v) is 5.63. The Morgan fingerprint density at radius 3 is 2.83 bits per heavy atom. The highest BCUT2D eigenvalue weighted by Crippen LogP contribution is 2.32. The minimum Gasteiger partial charge on any atom is -0.406 e. The molecule has 1 N–H and O–H groups in total. The van der Waals surface area contributed by atoms with Crippen LogP contribution in [-0.2, 0) is 0 Å². The number of anilines is 1. The molecule has 0 atom stereocenters. The van der Waals surface area contributed by atoms with Crippen LogP contribution in [0.1, 0.15) is 9.67 Å². The van der Waals surface area contributed by atoms with Crippen LogP contribution in [0.5, 0.6) is 5.75 Å². The third kappa shape index (κ3) is 3.82. The Balaban J connectivity index is 1.82. The van der Waals surface area contributed by atoms with Crippen molar-refractivity contribution in [3.05, 3.63) is 34.5 Å². The summed E-state index contributed by atoms with van der Waals surface area (Å²) in [6, 6.07) is 5.70. The zero-order chi connectivity index (χ0) is 17.3. The monoisotopic (exact) mass is 390 g/mol. The van der Waals surface area contributed by atoms with Crippen molar-refractivity contribution in [2.45, 2.75) is 11.3 Å². The fraction of sp³-hybridized carbons (Fsp3) is 0.143. The maximum atomic E-state index is 12.3. The van der Waals surface area contributed by atoms with Crippen LogP contribution < -0.4 is 10.1 Å². The van der Waals surface area contributed by atoms with E-state index < -0.39 is 6.36 Å². The molecule has 0 aliphatic rings. The minimum atomic E-state index is -4.75. The van der Waals surface area contributed by atoms with Gasteiger partial charge in [0.2, 0.25) is 0 Å². The number of ether oxygens (including phenoxy) is 1. The molecule has 0 saturated carbocycles. The molecule has 0 unspecified atom stereocenters. The van der Waals surface area contributed by atoms with E-state index in [1.54, 1.807) is 0 Å². The van der Waals surface area contributed by atoms with Crippen LogP contribution in [0, 0.1) is 0 Å². The van der Waals surface area contributed by atoms with E-state index in [1.165, 1.54) is 41.3 Å². The Morgan fingerprint density at radius 2 is 2.12 bits per heavy atom. The summed E-state index contributed by atoms with van der Waals surface area (Å²) in [4.78, 5) is 17.9. The van der Waals surface area contributed by atoms with Gasteiger partial charge >= 0.3 is 6.36 Å². The van der Waals surface area contributed by atoms with Crippen molar-refractivity contribution in [2.75, 3.05) is 11.6 Å². The number of rotatable bonds is 4. The van der Waals surface area contributed by atoms with Gasteiger partial charge in [-0.3, -0.25) is 10.1 Å². The molecule has 10 heteroatoms. The number of carbonyl (C=O) groups is 1.